The first kappa shape index (κ1) is 68.9. The fourth-order valence-corrected chi connectivity index (χ4v) is 16.7. The lowest BCUT2D eigenvalue weighted by molar-refractivity contribution is -0.124. The Morgan fingerprint density at radius 2 is 1.05 bits per heavy atom. The van der Waals surface area contributed by atoms with Crippen molar-refractivity contribution in [2.24, 2.45) is 17.6 Å². The average Bonchev–Trinajstić information content (AvgIpc) is 1.61. The number of anilines is 1. The van der Waals surface area contributed by atoms with E-state index in [1.54, 1.807) is 34.0 Å². The number of hydrogen-bond donors (Lipinski definition) is 7. The number of nitrogens with two attached hydrogens (primary N) is 1. The van der Waals surface area contributed by atoms with Gasteiger partial charge in [0, 0.05) is 67.7 Å². The molecule has 9 heterocycles. The molecule has 93 heavy (non-hydrogen) atoms. The van der Waals surface area contributed by atoms with Crippen molar-refractivity contribution < 1.29 is 42.7 Å². The van der Waals surface area contributed by atoms with Gasteiger partial charge >= 0.3 is 6.09 Å². The van der Waals surface area contributed by atoms with Crippen LogP contribution in [0.3, 0.4) is 0 Å². The van der Waals surface area contributed by atoms with Gasteiger partial charge in [-0.25, -0.2) is 13.9 Å². The highest BCUT2D eigenvalue weighted by atomic mass is 35.5. The first-order chi connectivity index (χ1) is 43.8. The van der Waals surface area contributed by atoms with Gasteiger partial charge in [-0.2, -0.15) is 5.10 Å². The lowest BCUT2D eigenvalue weighted by Gasteiger charge is -2.39. The van der Waals surface area contributed by atoms with Crippen LogP contribution in [-0.4, -0.2) is 75.5 Å². The third kappa shape index (κ3) is 15.1. The summed E-state index contributed by atoms with van der Waals surface area (Å²) in [5.74, 6) is -0.256. The Bertz CT molecular complexity index is 4100. The first-order valence-corrected chi connectivity index (χ1v) is 34.5. The zero-order chi connectivity index (χ0) is 65.4. The Morgan fingerprint density at radius 1 is 0.591 bits per heavy atom. The predicted octanol–water partition coefficient (Wildman–Crippen LogP) is 13.0. The van der Waals surface area contributed by atoms with Crippen LogP contribution in [0.15, 0.2) is 128 Å². The zero-order valence-electron chi connectivity index (χ0n) is 50.2. The number of nitrogens with zero attached hydrogens (tertiary/aromatic N) is 3. The third-order valence-electron chi connectivity index (χ3n) is 17.5. The van der Waals surface area contributed by atoms with Crippen molar-refractivity contribution in [1.29, 1.82) is 0 Å². The van der Waals surface area contributed by atoms with Crippen molar-refractivity contribution in [2.45, 2.75) is 139 Å². The SMILES string of the molecule is C.C[C@@]1(c2ccc(Cl)s2)[C@@H](NC(=O)C2CC2)CC(=O)N1c1ccc2c(cnn2-c2ccc(F)cc2)c1.C[C@]1(c2ccc(Cl)s2)NC(=O)C[C@@H]1N.C[C@]1(c2ccc(Cl)s2)NC(=O)C[C@@H]1NC(=O)C1CC1.C[C@]1(c2ccc(Cl)s2)NC(=O)C[C@@H]1NC(=O)OCc1ccccc1. The van der Waals surface area contributed by atoms with E-state index in [1.165, 1.54) is 57.5 Å². The molecule has 0 radical (unpaired) electrons. The summed E-state index contributed by atoms with van der Waals surface area (Å²) in [7, 11) is 0. The standard InChI is InChI=1S/C26H22ClFN4O2S.C17H17ClN2O3S.C13H15ClN2O2S.C9H11ClN2OS.CH4/c1-26(22-10-11-23(27)35-22)21(30-25(34)15-2-3-15)13-24(33)31(26)19-8-9-20-16(12-19)14-29-32(20)18-6-4-17(28)5-7-18;1-17(13-7-8-14(18)24-13)12(9-15(21)20-17)19-16(22)23-10-11-5-3-2-4-6-11;1-13(9-4-5-10(14)19-9)8(6-11(17)16-13)15-12(18)7-2-3-7;1-9(5(11)4-8(13)12-9)6-2-3-7(10)14-6;/h4-12,14-15,21H,2-3,13H2,1H3,(H,30,34);2-8,12H,9-10H2,1H3,(H,19,22)(H,20,21);4-5,7-8H,2-3,6H2,1H3,(H,15,18)(H,16,17);2-3,5H,4,11H2,1H3,(H,12,13);1H4/t21-,26-;12-,17-;8-,13-;5-,9-;/m0000./s1. The molecule has 0 spiro atoms. The van der Waals surface area contributed by atoms with Gasteiger partial charge in [0.2, 0.25) is 35.4 Å². The number of fused-ring (bicyclic) bond motifs is 1. The lowest BCUT2D eigenvalue weighted by atomic mass is 9.90. The lowest BCUT2D eigenvalue weighted by Crippen LogP contribution is -2.52. The summed E-state index contributed by atoms with van der Waals surface area (Å²) in [4.78, 5) is 90.5. The molecule has 7 amide bonds. The molecule has 4 aliphatic heterocycles. The second-order valence-electron chi connectivity index (χ2n) is 24.2. The molecule has 2 saturated carbocycles. The van der Waals surface area contributed by atoms with Gasteiger partial charge in [-0.1, -0.05) is 84.2 Å². The summed E-state index contributed by atoms with van der Waals surface area (Å²) >= 11 is 29.8. The molecule has 3 aromatic carbocycles. The molecule has 0 unspecified atom stereocenters. The van der Waals surface area contributed by atoms with Crippen LogP contribution in [0.4, 0.5) is 14.9 Å². The van der Waals surface area contributed by atoms with Gasteiger partial charge in [-0.15, -0.1) is 45.3 Å². The minimum Gasteiger partial charge on any atom is -0.445 e. The third-order valence-corrected chi connectivity index (χ3v) is 23.4. The number of benzene rings is 3. The van der Waals surface area contributed by atoms with E-state index in [1.807, 2.05) is 119 Å². The molecule has 27 heteroatoms. The van der Waals surface area contributed by atoms with Gasteiger partial charge in [-0.3, -0.25) is 33.7 Å². The molecule has 490 valence electrons. The van der Waals surface area contributed by atoms with Crippen molar-refractivity contribution >= 4 is 150 Å². The van der Waals surface area contributed by atoms with Crippen LogP contribution in [0, 0.1) is 17.7 Å². The van der Waals surface area contributed by atoms with E-state index in [-0.39, 0.29) is 98.1 Å². The Labute approximate surface area is 573 Å². The molecule has 8 N–H and O–H groups in total. The zero-order valence-corrected chi connectivity index (χ0v) is 56.4. The Kier molecular flexibility index (Phi) is 20.9. The number of halogens is 5. The van der Waals surface area contributed by atoms with Crippen molar-refractivity contribution in [3.05, 3.63) is 176 Å². The molecule has 14 rings (SSSR count). The van der Waals surface area contributed by atoms with Crippen molar-refractivity contribution in [3.8, 4) is 5.69 Å². The second-order valence-corrected chi connectivity index (χ2v) is 31.0. The summed E-state index contributed by atoms with van der Waals surface area (Å²) in [6.07, 6.45) is 6.01. The minimum absolute atomic E-state index is 0. The smallest absolute Gasteiger partial charge is 0.407 e. The highest BCUT2D eigenvalue weighted by Gasteiger charge is 2.54. The van der Waals surface area contributed by atoms with Gasteiger partial charge < -0.3 is 42.4 Å². The van der Waals surface area contributed by atoms with Crippen LogP contribution < -0.4 is 42.5 Å². The van der Waals surface area contributed by atoms with Crippen LogP contribution in [0.1, 0.15) is 112 Å². The van der Waals surface area contributed by atoms with Crippen LogP contribution in [-0.2, 0) is 62.3 Å². The van der Waals surface area contributed by atoms with Gasteiger partial charge in [0.25, 0.3) is 0 Å². The van der Waals surface area contributed by atoms with Crippen molar-refractivity contribution in [1.82, 2.24) is 41.7 Å². The average molecular weight is 1420 g/mol. The maximum absolute atomic E-state index is 13.4. The van der Waals surface area contributed by atoms with Gasteiger partial charge in [-0.05, 0) is 150 Å². The Hall–Kier alpha value is -6.93. The fraction of sp³-hybridized carbons (Fsp3) is 0.364. The summed E-state index contributed by atoms with van der Waals surface area (Å²) in [5.41, 5.74) is 6.64. The van der Waals surface area contributed by atoms with E-state index in [4.69, 9.17) is 56.9 Å². The first-order valence-electron chi connectivity index (χ1n) is 29.7. The molecule has 18 nitrogen and oxygen atoms in total. The maximum Gasteiger partial charge on any atom is 0.407 e. The molecular formula is C66H69Cl4FN10O8S4. The van der Waals surface area contributed by atoms with Crippen LogP contribution in [0.5, 0.6) is 0 Å². The molecule has 6 fully saturated rings. The van der Waals surface area contributed by atoms with E-state index in [2.05, 4.69) is 37.0 Å². The number of nitrogens with one attached hydrogen (secondary N) is 6. The molecule has 2 aliphatic carbocycles. The van der Waals surface area contributed by atoms with Gasteiger partial charge in [0.15, 0.2) is 0 Å². The number of alkyl carbamates (subject to hydrolysis) is 1. The van der Waals surface area contributed by atoms with E-state index < -0.39 is 34.3 Å². The van der Waals surface area contributed by atoms with Crippen LogP contribution in [0.2, 0.25) is 17.3 Å². The molecule has 8 aromatic rings. The number of rotatable bonds is 13. The largest absolute Gasteiger partial charge is 0.445 e. The summed E-state index contributed by atoms with van der Waals surface area (Å²) in [6, 6.07) is 35.0. The Balaban J connectivity index is 0.000000143. The highest BCUT2D eigenvalue weighted by Crippen LogP contribution is 2.48. The van der Waals surface area contributed by atoms with E-state index in [0.29, 0.717) is 25.9 Å². The number of carbonyl (C=O) groups is 7. The van der Waals surface area contributed by atoms with Crippen molar-refractivity contribution in [2.75, 3.05) is 4.90 Å². The van der Waals surface area contributed by atoms with E-state index in [9.17, 15) is 38.0 Å². The van der Waals surface area contributed by atoms with E-state index in [0.717, 1.165) is 77.4 Å². The topological polar surface area (TPSA) is 248 Å². The number of carbonyl (C=O) groups excluding carboxylic acids is 7. The summed E-state index contributed by atoms with van der Waals surface area (Å²) in [5, 5.41) is 23.1. The number of thiophene rings is 4. The predicted molar refractivity (Wildman–Crippen MR) is 366 cm³/mol. The molecule has 0 bridgehead atoms. The normalized spacial score (nSPS) is 25.2. The van der Waals surface area contributed by atoms with Crippen molar-refractivity contribution in [3.63, 3.8) is 0 Å². The monoisotopic (exact) mass is 1420 g/mol. The molecule has 4 saturated heterocycles. The molecule has 6 aliphatic rings. The minimum atomic E-state index is -0.792. The van der Waals surface area contributed by atoms with E-state index >= 15 is 0 Å². The molecule has 8 atom stereocenters. The Morgan fingerprint density at radius 3 is 1.54 bits per heavy atom. The number of aromatic nitrogens is 2. The maximum atomic E-state index is 13.4. The summed E-state index contributed by atoms with van der Waals surface area (Å²) in [6.45, 7) is 7.93. The molecule has 5 aromatic heterocycles. The van der Waals surface area contributed by atoms with Crippen LogP contribution >= 0.6 is 91.8 Å². The number of ether oxygens (including phenoxy) is 1. The number of amides is 7. The van der Waals surface area contributed by atoms with Gasteiger partial charge in [0.05, 0.1) is 81.4 Å². The van der Waals surface area contributed by atoms with Gasteiger partial charge in [0.1, 0.15) is 12.4 Å². The highest BCUT2D eigenvalue weighted by molar-refractivity contribution is 7.17. The number of hydrogen-bond acceptors (Lipinski definition) is 14. The fourth-order valence-electron chi connectivity index (χ4n) is 11.8. The second kappa shape index (κ2) is 28.2. The quantitative estimate of drug-likeness (QED) is 0.0575. The summed E-state index contributed by atoms with van der Waals surface area (Å²) < 4.78 is 23.0. The van der Waals surface area contributed by atoms with Crippen LogP contribution in [0.25, 0.3) is 16.6 Å². The molecular weight excluding hydrogens is 1350 g/mol.